The number of rotatable bonds is 4. The smallest absolute Gasteiger partial charge is 0.272 e. The number of carbonyl (C=O) groups is 2. The Hall–Kier alpha value is -3.48. The molecule has 0 saturated carbocycles. The standard InChI is InChI=1S/C28H32N4O3/c1-19-9-13-31(14-10-19)27(34)21-11-15-32(16-12-21)28(35)22-6-4-5-20(17-22)18-25-23-7-2-3-8-24(23)26(33)30-29-25/h2-8,17,19,21H,9-16,18H2,1H3,(H,30,33). The minimum atomic E-state index is -0.204. The van der Waals surface area contributed by atoms with Crippen LogP contribution in [0.25, 0.3) is 10.8 Å². The summed E-state index contributed by atoms with van der Waals surface area (Å²) in [4.78, 5) is 42.2. The molecule has 0 aliphatic carbocycles. The van der Waals surface area contributed by atoms with Gasteiger partial charge in [0.05, 0.1) is 11.1 Å². The van der Waals surface area contributed by atoms with Crippen LogP contribution in [0.5, 0.6) is 0 Å². The van der Waals surface area contributed by atoms with Gasteiger partial charge < -0.3 is 9.80 Å². The number of benzene rings is 2. The van der Waals surface area contributed by atoms with Gasteiger partial charge in [-0.2, -0.15) is 5.10 Å². The van der Waals surface area contributed by atoms with Crippen LogP contribution in [-0.2, 0) is 11.2 Å². The first kappa shape index (κ1) is 23.3. The number of piperidine rings is 2. The zero-order chi connectivity index (χ0) is 24.4. The lowest BCUT2D eigenvalue weighted by molar-refractivity contribution is -0.138. The quantitative estimate of drug-likeness (QED) is 0.628. The molecule has 7 nitrogen and oxygen atoms in total. The first-order valence-electron chi connectivity index (χ1n) is 12.6. The van der Waals surface area contributed by atoms with Gasteiger partial charge in [0.25, 0.3) is 11.5 Å². The second-order valence-corrected chi connectivity index (χ2v) is 10.00. The molecule has 1 N–H and O–H groups in total. The van der Waals surface area contributed by atoms with E-state index in [0.717, 1.165) is 55.4 Å². The van der Waals surface area contributed by atoms with Crippen molar-refractivity contribution < 1.29 is 9.59 Å². The summed E-state index contributed by atoms with van der Waals surface area (Å²) in [6.45, 7) is 5.20. The highest BCUT2D eigenvalue weighted by molar-refractivity contribution is 5.94. The molecular weight excluding hydrogens is 440 g/mol. The van der Waals surface area contributed by atoms with Crippen molar-refractivity contribution in [2.45, 2.75) is 39.0 Å². The van der Waals surface area contributed by atoms with Crippen LogP contribution < -0.4 is 5.56 Å². The average molecular weight is 473 g/mol. The van der Waals surface area contributed by atoms with Gasteiger partial charge in [-0.05, 0) is 55.4 Å². The SMILES string of the molecule is CC1CCN(C(=O)C2CCN(C(=O)c3cccc(Cc4n[nH]c(=O)c5ccccc45)c3)CC2)CC1. The fraction of sp³-hybridized carbons (Fsp3) is 0.429. The number of carbonyl (C=O) groups excluding carboxylic acids is 2. The van der Waals surface area contributed by atoms with E-state index in [0.29, 0.717) is 36.4 Å². The van der Waals surface area contributed by atoms with Crippen molar-refractivity contribution in [2.75, 3.05) is 26.2 Å². The number of hydrogen-bond donors (Lipinski definition) is 1. The van der Waals surface area contributed by atoms with Gasteiger partial charge in [-0.3, -0.25) is 14.4 Å². The Morgan fingerprint density at radius 1 is 0.914 bits per heavy atom. The second kappa shape index (κ2) is 10.0. The number of nitrogens with zero attached hydrogens (tertiary/aromatic N) is 3. The zero-order valence-corrected chi connectivity index (χ0v) is 20.2. The molecule has 7 heteroatoms. The lowest BCUT2D eigenvalue weighted by atomic mass is 9.92. The van der Waals surface area contributed by atoms with Crippen molar-refractivity contribution in [3.8, 4) is 0 Å². The van der Waals surface area contributed by atoms with Crippen molar-refractivity contribution in [1.82, 2.24) is 20.0 Å². The van der Waals surface area contributed by atoms with Crippen LogP contribution in [0.4, 0.5) is 0 Å². The summed E-state index contributed by atoms with van der Waals surface area (Å²) >= 11 is 0. The Morgan fingerprint density at radius 2 is 1.60 bits per heavy atom. The maximum Gasteiger partial charge on any atom is 0.272 e. The molecule has 0 unspecified atom stereocenters. The van der Waals surface area contributed by atoms with Crippen molar-refractivity contribution in [3.05, 3.63) is 75.7 Å². The number of nitrogens with one attached hydrogen (secondary N) is 1. The Bertz CT molecular complexity index is 1280. The van der Waals surface area contributed by atoms with E-state index in [2.05, 4.69) is 17.1 Å². The number of hydrogen-bond acceptors (Lipinski definition) is 4. The highest BCUT2D eigenvalue weighted by atomic mass is 16.2. The molecule has 0 bridgehead atoms. The van der Waals surface area contributed by atoms with Crippen LogP contribution in [0.1, 0.15) is 54.2 Å². The largest absolute Gasteiger partial charge is 0.342 e. The molecule has 0 spiro atoms. The van der Waals surface area contributed by atoms with Gasteiger partial charge in [-0.15, -0.1) is 0 Å². The van der Waals surface area contributed by atoms with E-state index in [1.54, 1.807) is 6.07 Å². The lowest BCUT2D eigenvalue weighted by Gasteiger charge is -2.36. The van der Waals surface area contributed by atoms with Gasteiger partial charge in [-0.1, -0.05) is 37.3 Å². The maximum atomic E-state index is 13.2. The van der Waals surface area contributed by atoms with Gasteiger partial charge in [0.2, 0.25) is 5.91 Å². The summed E-state index contributed by atoms with van der Waals surface area (Å²) in [6, 6.07) is 15.0. The third kappa shape index (κ3) is 4.99. The van der Waals surface area contributed by atoms with Crippen molar-refractivity contribution >= 4 is 22.6 Å². The highest BCUT2D eigenvalue weighted by Crippen LogP contribution is 2.25. The molecule has 3 aromatic rings. The van der Waals surface area contributed by atoms with Crippen molar-refractivity contribution in [2.24, 2.45) is 11.8 Å². The van der Waals surface area contributed by atoms with Crippen molar-refractivity contribution in [3.63, 3.8) is 0 Å². The summed E-state index contributed by atoms with van der Waals surface area (Å²) in [6.07, 6.45) is 4.14. The first-order valence-corrected chi connectivity index (χ1v) is 12.6. The third-order valence-electron chi connectivity index (χ3n) is 7.55. The molecule has 2 saturated heterocycles. The summed E-state index contributed by atoms with van der Waals surface area (Å²) in [5.74, 6) is 1.00. The van der Waals surface area contributed by atoms with E-state index in [1.807, 2.05) is 52.3 Å². The molecule has 2 amide bonds. The van der Waals surface area contributed by atoms with Gasteiger partial charge in [0.15, 0.2) is 0 Å². The molecule has 0 radical (unpaired) electrons. The predicted molar refractivity (Wildman–Crippen MR) is 135 cm³/mol. The fourth-order valence-corrected chi connectivity index (χ4v) is 5.31. The van der Waals surface area contributed by atoms with E-state index in [9.17, 15) is 14.4 Å². The number of H-pyrrole nitrogens is 1. The van der Waals surface area contributed by atoms with Crippen LogP contribution in [-0.4, -0.2) is 58.0 Å². The number of fused-ring (bicyclic) bond motifs is 1. The zero-order valence-electron chi connectivity index (χ0n) is 20.2. The Labute approximate surface area is 205 Å². The van der Waals surface area contributed by atoms with Crippen LogP contribution in [0.3, 0.4) is 0 Å². The van der Waals surface area contributed by atoms with E-state index in [4.69, 9.17) is 0 Å². The lowest BCUT2D eigenvalue weighted by Crippen LogP contribution is -2.46. The molecule has 0 atom stereocenters. The van der Waals surface area contributed by atoms with Crippen LogP contribution >= 0.6 is 0 Å². The molecule has 5 rings (SSSR count). The Kier molecular flexibility index (Phi) is 6.66. The summed E-state index contributed by atoms with van der Waals surface area (Å²) in [5, 5.41) is 8.28. The van der Waals surface area contributed by atoms with Crippen molar-refractivity contribution in [1.29, 1.82) is 0 Å². The topological polar surface area (TPSA) is 86.4 Å². The number of amides is 2. The third-order valence-corrected chi connectivity index (χ3v) is 7.55. The summed E-state index contributed by atoms with van der Waals surface area (Å²) < 4.78 is 0. The number of aromatic amines is 1. The van der Waals surface area contributed by atoms with E-state index >= 15 is 0 Å². The second-order valence-electron chi connectivity index (χ2n) is 10.00. The normalized spacial score (nSPS) is 17.6. The molecule has 35 heavy (non-hydrogen) atoms. The molecule has 2 aromatic carbocycles. The molecule has 1 aromatic heterocycles. The fourth-order valence-electron chi connectivity index (χ4n) is 5.31. The molecule has 182 valence electrons. The number of aromatic nitrogens is 2. The minimum absolute atomic E-state index is 0.00355. The first-order chi connectivity index (χ1) is 17.0. The minimum Gasteiger partial charge on any atom is -0.342 e. The van der Waals surface area contributed by atoms with E-state index < -0.39 is 0 Å². The Balaban J connectivity index is 1.23. The van der Waals surface area contributed by atoms with Crippen LogP contribution in [0.2, 0.25) is 0 Å². The van der Waals surface area contributed by atoms with Gasteiger partial charge in [0, 0.05) is 49.5 Å². The maximum absolute atomic E-state index is 13.2. The molecule has 2 fully saturated rings. The molecule has 2 aliphatic heterocycles. The highest BCUT2D eigenvalue weighted by Gasteiger charge is 2.31. The molecule has 3 heterocycles. The van der Waals surface area contributed by atoms with Crippen LogP contribution in [0, 0.1) is 11.8 Å². The number of likely N-dealkylation sites (tertiary alicyclic amines) is 2. The van der Waals surface area contributed by atoms with Gasteiger partial charge >= 0.3 is 0 Å². The summed E-state index contributed by atoms with van der Waals surface area (Å²) in [5.41, 5.74) is 2.18. The molecular formula is C28H32N4O3. The van der Waals surface area contributed by atoms with Gasteiger partial charge in [-0.25, -0.2) is 5.10 Å². The summed E-state index contributed by atoms with van der Waals surface area (Å²) in [7, 11) is 0. The van der Waals surface area contributed by atoms with Crippen LogP contribution in [0.15, 0.2) is 53.3 Å². The average Bonchev–Trinajstić information content (AvgIpc) is 2.90. The van der Waals surface area contributed by atoms with E-state index in [1.165, 1.54) is 0 Å². The Morgan fingerprint density at radius 3 is 2.34 bits per heavy atom. The monoisotopic (exact) mass is 472 g/mol. The predicted octanol–water partition coefficient (Wildman–Crippen LogP) is 3.62. The molecule has 2 aliphatic rings. The van der Waals surface area contributed by atoms with E-state index in [-0.39, 0.29) is 23.3 Å². The van der Waals surface area contributed by atoms with Gasteiger partial charge in [0.1, 0.15) is 0 Å².